The summed E-state index contributed by atoms with van der Waals surface area (Å²) < 4.78 is 0. The van der Waals surface area contributed by atoms with E-state index in [1.165, 1.54) is 12.1 Å². The van der Waals surface area contributed by atoms with E-state index in [4.69, 9.17) is 0 Å². The van der Waals surface area contributed by atoms with Crippen LogP contribution in [0.4, 0.5) is 5.69 Å². The van der Waals surface area contributed by atoms with Gasteiger partial charge in [-0.25, -0.2) is 4.99 Å². The molecular weight excluding hydrogens is 376 g/mol. The SMILES string of the molecule is CCNC(=NCC(=O)N1CCCC1)NCCCCN1CCN(c2ccccc2)CC1. The highest BCUT2D eigenvalue weighted by molar-refractivity contribution is 5.85. The fourth-order valence-electron chi connectivity index (χ4n) is 4.09. The molecule has 166 valence electrons. The predicted molar refractivity (Wildman–Crippen MR) is 124 cm³/mol. The van der Waals surface area contributed by atoms with Gasteiger partial charge in [-0.2, -0.15) is 0 Å². The number of likely N-dealkylation sites (tertiary alicyclic amines) is 1. The summed E-state index contributed by atoms with van der Waals surface area (Å²) in [5.74, 6) is 0.890. The number of hydrogen-bond acceptors (Lipinski definition) is 4. The first-order valence-electron chi connectivity index (χ1n) is 11.6. The van der Waals surface area contributed by atoms with Gasteiger partial charge in [0.15, 0.2) is 5.96 Å². The summed E-state index contributed by atoms with van der Waals surface area (Å²) in [7, 11) is 0. The number of hydrogen-bond donors (Lipinski definition) is 2. The summed E-state index contributed by atoms with van der Waals surface area (Å²) in [6, 6.07) is 10.7. The van der Waals surface area contributed by atoms with Gasteiger partial charge in [-0.3, -0.25) is 9.69 Å². The third kappa shape index (κ3) is 7.20. The molecule has 0 saturated carbocycles. The number of amides is 1. The molecule has 0 aliphatic carbocycles. The second kappa shape index (κ2) is 12.4. The molecule has 1 aromatic rings. The maximum Gasteiger partial charge on any atom is 0.244 e. The van der Waals surface area contributed by atoms with Gasteiger partial charge in [-0.15, -0.1) is 0 Å². The van der Waals surface area contributed by atoms with E-state index in [1.807, 2.05) is 4.90 Å². The van der Waals surface area contributed by atoms with Gasteiger partial charge in [0.1, 0.15) is 6.54 Å². The van der Waals surface area contributed by atoms with Gasteiger partial charge in [0.05, 0.1) is 0 Å². The van der Waals surface area contributed by atoms with Crippen molar-refractivity contribution in [1.82, 2.24) is 20.4 Å². The Morgan fingerprint density at radius 3 is 2.40 bits per heavy atom. The summed E-state index contributed by atoms with van der Waals surface area (Å²) in [5.41, 5.74) is 1.33. The topological polar surface area (TPSA) is 63.2 Å². The fraction of sp³-hybridized carbons (Fsp3) is 0.652. The Balaban J connectivity index is 1.29. The number of benzene rings is 1. The van der Waals surface area contributed by atoms with Crippen LogP contribution in [0.25, 0.3) is 0 Å². The minimum atomic E-state index is 0.138. The molecule has 0 aromatic heterocycles. The van der Waals surface area contributed by atoms with E-state index in [1.54, 1.807) is 0 Å². The maximum absolute atomic E-state index is 12.2. The zero-order chi connectivity index (χ0) is 21.0. The van der Waals surface area contributed by atoms with E-state index in [-0.39, 0.29) is 12.5 Å². The van der Waals surface area contributed by atoms with Gasteiger partial charge < -0.3 is 20.4 Å². The first-order chi connectivity index (χ1) is 14.8. The molecule has 0 spiro atoms. The summed E-state index contributed by atoms with van der Waals surface area (Å²) in [5, 5.41) is 6.62. The normalized spacial score (nSPS) is 18.0. The predicted octanol–water partition coefficient (Wildman–Crippen LogP) is 1.77. The number of aliphatic imine (C=N–C) groups is 1. The van der Waals surface area contributed by atoms with E-state index >= 15 is 0 Å². The minimum Gasteiger partial charge on any atom is -0.369 e. The monoisotopic (exact) mass is 414 g/mol. The number of para-hydroxylation sites is 1. The van der Waals surface area contributed by atoms with Crippen LogP contribution in [0.15, 0.2) is 35.3 Å². The van der Waals surface area contributed by atoms with E-state index < -0.39 is 0 Å². The molecule has 3 rings (SSSR count). The molecule has 7 nitrogen and oxygen atoms in total. The molecule has 0 radical (unpaired) electrons. The summed E-state index contributed by atoms with van der Waals surface area (Å²) in [6.45, 7) is 11.4. The van der Waals surface area contributed by atoms with Crippen molar-refractivity contribution in [1.29, 1.82) is 0 Å². The minimum absolute atomic E-state index is 0.138. The first-order valence-corrected chi connectivity index (χ1v) is 11.6. The molecule has 2 fully saturated rings. The second-order valence-electron chi connectivity index (χ2n) is 8.08. The molecule has 2 aliphatic heterocycles. The Kier molecular flexibility index (Phi) is 9.28. The number of guanidine groups is 1. The van der Waals surface area contributed by atoms with Crippen molar-refractivity contribution in [2.75, 3.05) is 70.3 Å². The van der Waals surface area contributed by atoms with Crippen molar-refractivity contribution in [2.24, 2.45) is 4.99 Å². The summed E-state index contributed by atoms with van der Waals surface area (Å²) in [6.07, 6.45) is 4.51. The molecule has 2 aliphatic rings. The average Bonchev–Trinajstić information content (AvgIpc) is 3.33. The van der Waals surface area contributed by atoms with Crippen LogP contribution in [0.5, 0.6) is 0 Å². The molecule has 0 atom stereocenters. The number of anilines is 1. The Morgan fingerprint density at radius 2 is 1.70 bits per heavy atom. The van der Waals surface area contributed by atoms with Crippen LogP contribution in [0.1, 0.15) is 32.6 Å². The van der Waals surface area contributed by atoms with Crippen LogP contribution in [0.3, 0.4) is 0 Å². The molecule has 2 saturated heterocycles. The molecule has 0 unspecified atom stereocenters. The average molecular weight is 415 g/mol. The zero-order valence-electron chi connectivity index (χ0n) is 18.5. The number of nitrogens with zero attached hydrogens (tertiary/aromatic N) is 4. The quantitative estimate of drug-likeness (QED) is 0.366. The number of carbonyl (C=O) groups excluding carboxylic acids is 1. The standard InChI is InChI=1S/C23H38N6O/c1-2-24-23(26-20-22(30)29-14-8-9-15-29)25-12-6-7-13-27-16-18-28(19-17-27)21-10-4-3-5-11-21/h3-5,10-11H,2,6-9,12-20H2,1H3,(H2,24,25,26). The lowest BCUT2D eigenvalue weighted by atomic mass is 10.2. The lowest BCUT2D eigenvalue weighted by Gasteiger charge is -2.36. The van der Waals surface area contributed by atoms with Gasteiger partial charge >= 0.3 is 0 Å². The number of unbranched alkanes of at least 4 members (excludes halogenated alkanes) is 1. The third-order valence-electron chi connectivity index (χ3n) is 5.86. The number of carbonyl (C=O) groups is 1. The van der Waals surface area contributed by atoms with Gasteiger partial charge in [0, 0.05) is 58.0 Å². The lowest BCUT2D eigenvalue weighted by Crippen LogP contribution is -2.46. The van der Waals surface area contributed by atoms with Crippen molar-refractivity contribution in [3.05, 3.63) is 30.3 Å². The molecule has 2 N–H and O–H groups in total. The molecule has 30 heavy (non-hydrogen) atoms. The molecule has 0 bridgehead atoms. The largest absolute Gasteiger partial charge is 0.369 e. The van der Waals surface area contributed by atoms with Crippen molar-refractivity contribution < 1.29 is 4.79 Å². The van der Waals surface area contributed by atoms with Crippen LogP contribution >= 0.6 is 0 Å². The summed E-state index contributed by atoms with van der Waals surface area (Å²) >= 11 is 0. The van der Waals surface area contributed by atoms with Crippen molar-refractivity contribution in [3.63, 3.8) is 0 Å². The molecule has 1 amide bonds. The molecule has 7 heteroatoms. The van der Waals surface area contributed by atoms with Crippen LogP contribution < -0.4 is 15.5 Å². The number of nitrogens with one attached hydrogen (secondary N) is 2. The van der Waals surface area contributed by atoms with Crippen molar-refractivity contribution >= 4 is 17.6 Å². The Morgan fingerprint density at radius 1 is 0.967 bits per heavy atom. The summed E-state index contributed by atoms with van der Waals surface area (Å²) in [4.78, 5) is 23.6. The van der Waals surface area contributed by atoms with Gasteiger partial charge in [0.2, 0.25) is 5.91 Å². The van der Waals surface area contributed by atoms with E-state index in [0.717, 1.165) is 84.1 Å². The number of piperazine rings is 1. The molecule has 1 aromatic carbocycles. The highest BCUT2D eigenvalue weighted by Crippen LogP contribution is 2.15. The highest BCUT2D eigenvalue weighted by Gasteiger charge is 2.18. The Labute approximate surface area is 181 Å². The molecule has 2 heterocycles. The van der Waals surface area contributed by atoms with Crippen LogP contribution in [0.2, 0.25) is 0 Å². The second-order valence-corrected chi connectivity index (χ2v) is 8.08. The highest BCUT2D eigenvalue weighted by atomic mass is 16.2. The maximum atomic E-state index is 12.2. The fourth-order valence-corrected chi connectivity index (χ4v) is 4.09. The van der Waals surface area contributed by atoms with Crippen LogP contribution in [-0.4, -0.2) is 87.1 Å². The van der Waals surface area contributed by atoms with Gasteiger partial charge in [0.25, 0.3) is 0 Å². The third-order valence-corrected chi connectivity index (χ3v) is 5.86. The van der Waals surface area contributed by atoms with Gasteiger partial charge in [-0.1, -0.05) is 18.2 Å². The smallest absolute Gasteiger partial charge is 0.244 e. The first kappa shape index (κ1) is 22.4. The van der Waals surface area contributed by atoms with Crippen molar-refractivity contribution in [2.45, 2.75) is 32.6 Å². The van der Waals surface area contributed by atoms with Crippen LogP contribution in [0, 0.1) is 0 Å². The van der Waals surface area contributed by atoms with E-state index in [9.17, 15) is 4.79 Å². The Hall–Kier alpha value is -2.28. The van der Waals surface area contributed by atoms with E-state index in [0.29, 0.717) is 0 Å². The molecular formula is C23H38N6O. The van der Waals surface area contributed by atoms with Crippen LogP contribution in [-0.2, 0) is 4.79 Å². The Bertz CT molecular complexity index is 651. The van der Waals surface area contributed by atoms with E-state index in [2.05, 4.69) is 62.7 Å². The number of rotatable bonds is 9. The zero-order valence-corrected chi connectivity index (χ0v) is 18.5. The van der Waals surface area contributed by atoms with Crippen molar-refractivity contribution in [3.8, 4) is 0 Å². The lowest BCUT2D eigenvalue weighted by molar-refractivity contribution is -0.128. The van der Waals surface area contributed by atoms with Gasteiger partial charge in [-0.05, 0) is 51.3 Å².